The first kappa shape index (κ1) is 14.6. The number of rotatable bonds is 6. The molecule has 0 fully saturated rings. The number of methoxy groups -OCH3 is 2. The molecule has 0 radical (unpaired) electrons. The van der Waals surface area contributed by atoms with Gasteiger partial charge in [-0.25, -0.2) is 13.6 Å². The SMILES string of the molecule is COc1cc(C)cc(OC)c1OCCS(N)(=O)=O. The van der Waals surface area contributed by atoms with E-state index in [1.54, 1.807) is 12.1 Å². The van der Waals surface area contributed by atoms with E-state index >= 15 is 0 Å². The summed E-state index contributed by atoms with van der Waals surface area (Å²) in [6, 6.07) is 3.55. The Labute approximate surface area is 107 Å². The highest BCUT2D eigenvalue weighted by molar-refractivity contribution is 7.89. The normalized spacial score (nSPS) is 11.1. The van der Waals surface area contributed by atoms with E-state index in [1.807, 2.05) is 6.92 Å². The van der Waals surface area contributed by atoms with Crippen molar-refractivity contribution in [2.24, 2.45) is 5.14 Å². The van der Waals surface area contributed by atoms with Gasteiger partial charge in [-0.15, -0.1) is 0 Å². The summed E-state index contributed by atoms with van der Waals surface area (Å²) in [6.45, 7) is 1.83. The molecule has 0 spiro atoms. The molecule has 0 aliphatic rings. The zero-order valence-corrected chi connectivity index (χ0v) is 11.4. The van der Waals surface area contributed by atoms with Crippen LogP contribution in [-0.2, 0) is 10.0 Å². The average molecular weight is 275 g/mol. The van der Waals surface area contributed by atoms with Gasteiger partial charge in [-0.2, -0.15) is 0 Å². The Morgan fingerprint density at radius 2 is 1.67 bits per heavy atom. The van der Waals surface area contributed by atoms with Crippen molar-refractivity contribution < 1.29 is 22.6 Å². The maximum absolute atomic E-state index is 10.8. The van der Waals surface area contributed by atoms with Gasteiger partial charge in [0.25, 0.3) is 0 Å². The largest absolute Gasteiger partial charge is 0.493 e. The number of sulfonamides is 1. The molecule has 0 heterocycles. The van der Waals surface area contributed by atoms with Gasteiger partial charge in [0.2, 0.25) is 15.8 Å². The number of benzene rings is 1. The molecule has 0 aliphatic heterocycles. The zero-order valence-electron chi connectivity index (χ0n) is 10.6. The Morgan fingerprint density at radius 3 is 2.06 bits per heavy atom. The lowest BCUT2D eigenvalue weighted by molar-refractivity contribution is 0.288. The fourth-order valence-electron chi connectivity index (χ4n) is 1.41. The van der Waals surface area contributed by atoms with E-state index in [2.05, 4.69) is 0 Å². The van der Waals surface area contributed by atoms with Gasteiger partial charge in [0.1, 0.15) is 6.61 Å². The highest BCUT2D eigenvalue weighted by atomic mass is 32.2. The first-order chi connectivity index (χ1) is 8.37. The van der Waals surface area contributed by atoms with E-state index in [0.29, 0.717) is 17.2 Å². The molecule has 6 nitrogen and oxygen atoms in total. The molecule has 7 heteroatoms. The minimum atomic E-state index is -3.55. The van der Waals surface area contributed by atoms with Gasteiger partial charge in [0, 0.05) is 0 Å². The number of aryl methyl sites for hydroxylation is 1. The maximum Gasteiger partial charge on any atom is 0.212 e. The van der Waals surface area contributed by atoms with Crippen molar-refractivity contribution in [2.75, 3.05) is 26.6 Å². The molecule has 1 aromatic carbocycles. The van der Waals surface area contributed by atoms with Crippen molar-refractivity contribution >= 4 is 10.0 Å². The second kappa shape index (κ2) is 5.92. The van der Waals surface area contributed by atoms with Crippen LogP contribution in [0.1, 0.15) is 5.56 Å². The van der Waals surface area contributed by atoms with E-state index < -0.39 is 10.0 Å². The summed E-state index contributed by atoms with van der Waals surface area (Å²) in [5.41, 5.74) is 0.947. The maximum atomic E-state index is 10.8. The van der Waals surface area contributed by atoms with Gasteiger partial charge in [-0.3, -0.25) is 0 Å². The van der Waals surface area contributed by atoms with Crippen molar-refractivity contribution in [3.05, 3.63) is 17.7 Å². The fourth-order valence-corrected chi connectivity index (χ4v) is 1.73. The monoisotopic (exact) mass is 275 g/mol. The van der Waals surface area contributed by atoms with Crippen LogP contribution in [0.15, 0.2) is 12.1 Å². The first-order valence-corrected chi connectivity index (χ1v) is 6.95. The molecule has 2 N–H and O–H groups in total. The highest BCUT2D eigenvalue weighted by Crippen LogP contribution is 2.38. The van der Waals surface area contributed by atoms with E-state index in [4.69, 9.17) is 19.3 Å². The Kier molecular flexibility index (Phi) is 4.80. The van der Waals surface area contributed by atoms with Crippen molar-refractivity contribution in [1.29, 1.82) is 0 Å². The van der Waals surface area contributed by atoms with Gasteiger partial charge in [-0.1, -0.05) is 0 Å². The lowest BCUT2D eigenvalue weighted by Crippen LogP contribution is -2.21. The summed E-state index contributed by atoms with van der Waals surface area (Å²) in [7, 11) is -0.547. The zero-order chi connectivity index (χ0) is 13.8. The van der Waals surface area contributed by atoms with E-state index in [0.717, 1.165) is 5.56 Å². The molecule has 0 aliphatic carbocycles. The summed E-state index contributed by atoms with van der Waals surface area (Å²) < 4.78 is 37.3. The molecule has 0 unspecified atom stereocenters. The van der Waals surface area contributed by atoms with Crippen LogP contribution in [0.3, 0.4) is 0 Å². The summed E-state index contributed by atoms with van der Waals surface area (Å²) in [4.78, 5) is 0. The van der Waals surface area contributed by atoms with Gasteiger partial charge in [-0.05, 0) is 24.6 Å². The molecule has 0 aromatic heterocycles. The van der Waals surface area contributed by atoms with Crippen molar-refractivity contribution in [3.63, 3.8) is 0 Å². The molecule has 0 amide bonds. The Morgan fingerprint density at radius 1 is 1.17 bits per heavy atom. The van der Waals surface area contributed by atoms with E-state index in [-0.39, 0.29) is 12.4 Å². The fraction of sp³-hybridized carbons (Fsp3) is 0.455. The van der Waals surface area contributed by atoms with Gasteiger partial charge < -0.3 is 14.2 Å². The molecular formula is C11H17NO5S. The third-order valence-corrected chi connectivity index (χ3v) is 2.95. The summed E-state index contributed by atoms with van der Waals surface area (Å²) in [6.07, 6.45) is 0. The van der Waals surface area contributed by atoms with E-state index in [1.165, 1.54) is 14.2 Å². The number of nitrogens with two attached hydrogens (primary N) is 1. The smallest absolute Gasteiger partial charge is 0.212 e. The third kappa shape index (κ3) is 4.08. The van der Waals surface area contributed by atoms with Crippen LogP contribution in [0.2, 0.25) is 0 Å². The minimum Gasteiger partial charge on any atom is -0.493 e. The highest BCUT2D eigenvalue weighted by Gasteiger charge is 2.14. The predicted octanol–water partition coefficient (Wildman–Crippen LogP) is 0.680. The van der Waals surface area contributed by atoms with Crippen molar-refractivity contribution in [2.45, 2.75) is 6.92 Å². The lowest BCUT2D eigenvalue weighted by Gasteiger charge is -2.14. The quantitative estimate of drug-likeness (QED) is 0.824. The van der Waals surface area contributed by atoms with Crippen molar-refractivity contribution in [1.82, 2.24) is 0 Å². The Bertz CT molecular complexity index is 487. The predicted molar refractivity (Wildman–Crippen MR) is 67.8 cm³/mol. The lowest BCUT2D eigenvalue weighted by atomic mass is 10.2. The molecule has 0 saturated carbocycles. The van der Waals surface area contributed by atoms with Gasteiger partial charge in [0.05, 0.1) is 20.0 Å². The first-order valence-electron chi connectivity index (χ1n) is 5.23. The van der Waals surface area contributed by atoms with Gasteiger partial charge >= 0.3 is 0 Å². The van der Waals surface area contributed by atoms with Gasteiger partial charge in [0.15, 0.2) is 11.5 Å². The number of primary sulfonamides is 1. The molecule has 1 aromatic rings. The second-order valence-corrected chi connectivity index (χ2v) is 5.45. The van der Waals surface area contributed by atoms with Crippen LogP contribution in [0, 0.1) is 6.92 Å². The molecule has 0 saturated heterocycles. The average Bonchev–Trinajstić information content (AvgIpc) is 2.28. The molecule has 1 rings (SSSR count). The number of ether oxygens (including phenoxy) is 3. The van der Waals surface area contributed by atoms with Crippen LogP contribution < -0.4 is 19.3 Å². The summed E-state index contributed by atoms with van der Waals surface area (Å²) in [5.74, 6) is 1.07. The van der Waals surface area contributed by atoms with Crippen LogP contribution in [0.4, 0.5) is 0 Å². The van der Waals surface area contributed by atoms with Crippen LogP contribution in [0.5, 0.6) is 17.2 Å². The second-order valence-electron chi connectivity index (χ2n) is 3.71. The Balaban J connectivity index is 2.92. The van der Waals surface area contributed by atoms with Crippen molar-refractivity contribution in [3.8, 4) is 17.2 Å². The topological polar surface area (TPSA) is 87.8 Å². The molecule has 18 heavy (non-hydrogen) atoms. The van der Waals surface area contributed by atoms with Crippen LogP contribution >= 0.6 is 0 Å². The standard InChI is InChI=1S/C11H17NO5S/c1-8-6-9(15-2)11(10(7-8)16-3)17-4-5-18(12,13)14/h6-7H,4-5H2,1-3H3,(H2,12,13,14). The molecular weight excluding hydrogens is 258 g/mol. The molecule has 0 bridgehead atoms. The summed E-state index contributed by atoms with van der Waals surface area (Å²) >= 11 is 0. The number of hydrogen-bond acceptors (Lipinski definition) is 5. The third-order valence-electron chi connectivity index (χ3n) is 2.22. The van der Waals surface area contributed by atoms with Crippen LogP contribution in [0.25, 0.3) is 0 Å². The molecule has 102 valence electrons. The van der Waals surface area contributed by atoms with E-state index in [9.17, 15) is 8.42 Å². The number of hydrogen-bond donors (Lipinski definition) is 1. The summed E-state index contributed by atoms with van der Waals surface area (Å²) in [5, 5.41) is 4.89. The minimum absolute atomic E-state index is 0.0609. The Hall–Kier alpha value is -1.47. The molecule has 0 atom stereocenters. The van der Waals surface area contributed by atoms with Crippen LogP contribution in [-0.4, -0.2) is 35.0 Å².